The standard InChI is InChI=1S/C22H36N4O3/c1-20(2,3)16(25-19-23-10-9-11-24-19)17(27)26-12-13-14(22(13,7)8)15(26)18(28)29-21(4,5)6/h10,13-16H,9,11-12H2,1-8H3,(H,24,25)/t13-,14-,15-,16+/m0/s1. The summed E-state index contributed by atoms with van der Waals surface area (Å²) in [6.07, 6.45) is 2.63. The number of esters is 1. The van der Waals surface area contributed by atoms with Crippen molar-refractivity contribution >= 4 is 24.1 Å². The highest BCUT2D eigenvalue weighted by Gasteiger charge is 2.70. The van der Waals surface area contributed by atoms with Gasteiger partial charge >= 0.3 is 5.97 Å². The number of hydrogen-bond donors (Lipinski definition) is 1. The molecule has 0 radical (unpaired) electrons. The molecule has 0 bridgehead atoms. The lowest BCUT2D eigenvalue weighted by Crippen LogP contribution is -2.58. The van der Waals surface area contributed by atoms with Gasteiger partial charge in [-0.1, -0.05) is 34.6 Å². The number of nitrogens with one attached hydrogen (secondary N) is 1. The van der Waals surface area contributed by atoms with E-state index in [2.05, 4.69) is 29.1 Å². The van der Waals surface area contributed by atoms with Gasteiger partial charge in [0.25, 0.3) is 0 Å². The fraction of sp³-hybridized carbons (Fsp3) is 0.818. The van der Waals surface area contributed by atoms with Crippen molar-refractivity contribution in [3.05, 3.63) is 0 Å². The molecule has 1 aliphatic carbocycles. The Bertz CT molecular complexity index is 742. The highest BCUT2D eigenvalue weighted by Crippen LogP contribution is 2.65. The van der Waals surface area contributed by atoms with Gasteiger partial charge in [-0.15, -0.1) is 0 Å². The maximum Gasteiger partial charge on any atom is 0.329 e. The largest absolute Gasteiger partial charge is 0.458 e. The molecule has 0 aromatic carbocycles. The molecule has 2 aliphatic heterocycles. The molecule has 0 spiro atoms. The topological polar surface area (TPSA) is 83.4 Å². The third-order valence-electron chi connectivity index (χ3n) is 6.26. The van der Waals surface area contributed by atoms with E-state index in [4.69, 9.17) is 4.74 Å². The molecule has 1 amide bonds. The van der Waals surface area contributed by atoms with E-state index < -0.39 is 17.7 Å². The van der Waals surface area contributed by atoms with Crippen LogP contribution in [0.1, 0.15) is 61.8 Å². The molecule has 29 heavy (non-hydrogen) atoms. The van der Waals surface area contributed by atoms with Crippen molar-refractivity contribution in [2.45, 2.75) is 79.5 Å². The Labute approximate surface area is 174 Å². The van der Waals surface area contributed by atoms with Gasteiger partial charge in [-0.3, -0.25) is 9.79 Å². The average Bonchev–Trinajstić information content (AvgIpc) is 2.93. The van der Waals surface area contributed by atoms with E-state index in [9.17, 15) is 9.59 Å². The molecule has 0 aromatic heterocycles. The third kappa shape index (κ3) is 4.33. The number of amides is 1. The first-order chi connectivity index (χ1) is 13.2. The average molecular weight is 405 g/mol. The normalized spacial score (nSPS) is 29.0. The van der Waals surface area contributed by atoms with E-state index in [-0.39, 0.29) is 28.6 Å². The van der Waals surface area contributed by atoms with Gasteiger partial charge in [0.15, 0.2) is 0 Å². The predicted octanol–water partition coefficient (Wildman–Crippen LogP) is 2.65. The Morgan fingerprint density at radius 3 is 2.41 bits per heavy atom. The fourth-order valence-corrected chi connectivity index (χ4v) is 4.59. The Morgan fingerprint density at radius 1 is 1.24 bits per heavy atom. The second kappa shape index (κ2) is 7.10. The number of nitrogens with zero attached hydrogens (tertiary/aromatic N) is 3. The molecule has 1 N–H and O–H groups in total. The molecular weight excluding hydrogens is 368 g/mol. The van der Waals surface area contributed by atoms with E-state index in [0.717, 1.165) is 6.42 Å². The quantitative estimate of drug-likeness (QED) is 0.733. The second-order valence-electron chi connectivity index (χ2n) is 11.2. The van der Waals surface area contributed by atoms with Gasteiger partial charge in [0, 0.05) is 31.6 Å². The lowest BCUT2D eigenvalue weighted by molar-refractivity contribution is -0.166. The monoisotopic (exact) mass is 404 g/mol. The van der Waals surface area contributed by atoms with Crippen LogP contribution in [0, 0.1) is 22.7 Å². The summed E-state index contributed by atoms with van der Waals surface area (Å²) in [6, 6.07) is -1.06. The van der Waals surface area contributed by atoms with E-state index in [1.165, 1.54) is 0 Å². The molecule has 4 atom stereocenters. The van der Waals surface area contributed by atoms with Gasteiger partial charge in [-0.25, -0.2) is 9.79 Å². The fourth-order valence-electron chi connectivity index (χ4n) is 4.59. The van der Waals surface area contributed by atoms with Crippen molar-refractivity contribution in [1.29, 1.82) is 0 Å². The molecule has 2 fully saturated rings. The summed E-state index contributed by atoms with van der Waals surface area (Å²) < 4.78 is 5.71. The summed E-state index contributed by atoms with van der Waals surface area (Å²) in [4.78, 5) is 37.2. The molecule has 3 aliphatic rings. The van der Waals surface area contributed by atoms with Crippen molar-refractivity contribution < 1.29 is 14.3 Å². The molecule has 7 nitrogen and oxygen atoms in total. The Morgan fingerprint density at radius 2 is 1.90 bits per heavy atom. The highest BCUT2D eigenvalue weighted by molar-refractivity contribution is 5.95. The molecule has 1 saturated heterocycles. The number of carbonyl (C=O) groups excluding carboxylic acids is 2. The first kappa shape index (κ1) is 21.8. The summed E-state index contributed by atoms with van der Waals surface area (Å²) >= 11 is 0. The highest BCUT2D eigenvalue weighted by atomic mass is 16.6. The third-order valence-corrected chi connectivity index (χ3v) is 6.26. The van der Waals surface area contributed by atoms with Crippen LogP contribution in [0.2, 0.25) is 0 Å². The van der Waals surface area contributed by atoms with E-state index in [1.807, 2.05) is 47.8 Å². The van der Waals surface area contributed by atoms with Gasteiger partial charge in [0.05, 0.1) is 0 Å². The van der Waals surface area contributed by atoms with Crippen LogP contribution in [0.5, 0.6) is 0 Å². The Kier molecular flexibility index (Phi) is 5.33. The minimum Gasteiger partial charge on any atom is -0.458 e. The summed E-state index contributed by atoms with van der Waals surface area (Å²) in [7, 11) is 0. The van der Waals surface area contributed by atoms with Crippen molar-refractivity contribution in [3.8, 4) is 0 Å². The van der Waals surface area contributed by atoms with Gasteiger partial charge in [-0.05, 0) is 37.5 Å². The zero-order valence-corrected chi connectivity index (χ0v) is 19.1. The minimum absolute atomic E-state index is 0.0563. The first-order valence-corrected chi connectivity index (χ1v) is 10.6. The first-order valence-electron chi connectivity index (χ1n) is 10.6. The molecule has 0 unspecified atom stereocenters. The number of rotatable bonds is 3. The minimum atomic E-state index is -0.587. The lowest BCUT2D eigenvalue weighted by Gasteiger charge is -2.38. The number of likely N-dealkylation sites (tertiary alicyclic amines) is 1. The molecule has 7 heteroatoms. The van der Waals surface area contributed by atoms with Gasteiger partial charge in [0.2, 0.25) is 11.9 Å². The van der Waals surface area contributed by atoms with Gasteiger partial charge < -0.3 is 15.0 Å². The number of fused-ring (bicyclic) bond motifs is 1. The summed E-state index contributed by atoms with van der Waals surface area (Å²) in [5.41, 5.74) is -0.899. The van der Waals surface area contributed by atoms with Crippen LogP contribution in [0.4, 0.5) is 0 Å². The van der Waals surface area contributed by atoms with Crippen LogP contribution < -0.4 is 5.32 Å². The smallest absolute Gasteiger partial charge is 0.329 e. The van der Waals surface area contributed by atoms with Crippen LogP contribution in [0.15, 0.2) is 9.98 Å². The van der Waals surface area contributed by atoms with Gasteiger partial charge in [-0.2, -0.15) is 0 Å². The van der Waals surface area contributed by atoms with E-state index >= 15 is 0 Å². The number of carbonyl (C=O) groups is 2. The van der Waals surface area contributed by atoms with Gasteiger partial charge in [0.1, 0.15) is 17.7 Å². The zero-order chi connectivity index (χ0) is 21.8. The molecule has 0 aromatic rings. The molecular formula is C22H36N4O3. The van der Waals surface area contributed by atoms with Crippen LogP contribution in [0.3, 0.4) is 0 Å². The van der Waals surface area contributed by atoms with Crippen molar-refractivity contribution in [2.75, 3.05) is 13.1 Å². The number of aliphatic imine (C=N–C) groups is 2. The predicted molar refractivity (Wildman–Crippen MR) is 114 cm³/mol. The lowest BCUT2D eigenvalue weighted by atomic mass is 9.85. The number of piperidine rings is 1. The van der Waals surface area contributed by atoms with Crippen LogP contribution in [0.25, 0.3) is 0 Å². The molecule has 2 heterocycles. The molecule has 1 saturated carbocycles. The van der Waals surface area contributed by atoms with E-state index in [1.54, 1.807) is 4.90 Å². The van der Waals surface area contributed by atoms with Crippen LogP contribution in [-0.2, 0) is 14.3 Å². The Hall–Kier alpha value is -1.92. The zero-order valence-electron chi connectivity index (χ0n) is 19.1. The summed E-state index contributed by atoms with van der Waals surface area (Å²) in [6.45, 7) is 17.2. The SMILES string of the molecule is CC(C)(C)OC(=O)[C@@H]1[C@@H]2[C@H](CN1C(=O)[C@@H](NC1=NCCC=N1)C(C)(C)C)C2(C)C. The van der Waals surface area contributed by atoms with E-state index in [0.29, 0.717) is 25.0 Å². The second-order valence-corrected chi connectivity index (χ2v) is 11.2. The summed E-state index contributed by atoms with van der Waals surface area (Å²) in [5, 5.41) is 3.24. The van der Waals surface area contributed by atoms with Crippen LogP contribution in [-0.4, -0.2) is 59.7 Å². The maximum atomic E-state index is 13.7. The number of guanidine groups is 1. The maximum absolute atomic E-state index is 13.7. The molecule has 162 valence electrons. The number of hydrogen-bond acceptors (Lipinski definition) is 6. The summed E-state index contributed by atoms with van der Waals surface area (Å²) in [5.74, 6) is 0.578. The molecule has 3 rings (SSSR count). The Balaban J connectivity index is 1.85. The van der Waals surface area contributed by atoms with Crippen molar-refractivity contribution in [3.63, 3.8) is 0 Å². The van der Waals surface area contributed by atoms with Crippen molar-refractivity contribution in [2.24, 2.45) is 32.7 Å². The van der Waals surface area contributed by atoms with Crippen LogP contribution >= 0.6 is 0 Å². The van der Waals surface area contributed by atoms with Crippen molar-refractivity contribution in [1.82, 2.24) is 10.2 Å². The number of ether oxygens (including phenoxy) is 1.